The second-order valence-electron chi connectivity index (χ2n) is 9.42. The first kappa shape index (κ1) is 23.1. The zero-order valence-electron chi connectivity index (χ0n) is 19.0. The predicted molar refractivity (Wildman–Crippen MR) is 127 cm³/mol. The van der Waals surface area contributed by atoms with Crippen molar-refractivity contribution >= 4 is 33.9 Å². The number of rotatable bonds is 4. The Hall–Kier alpha value is -3.04. The van der Waals surface area contributed by atoms with Gasteiger partial charge in [-0.25, -0.2) is 4.68 Å². The number of fused-ring (bicyclic) bond motifs is 2. The molecule has 0 aliphatic heterocycles. The quantitative estimate of drug-likeness (QED) is 0.510. The highest BCUT2D eigenvalue weighted by molar-refractivity contribution is 7.14. The number of amides is 2. The molecule has 1 atom stereocenters. The van der Waals surface area contributed by atoms with Gasteiger partial charge in [0.25, 0.3) is 17.4 Å². The molecule has 2 aromatic heterocycles. The molecule has 1 aliphatic rings. The highest BCUT2D eigenvalue weighted by atomic mass is 32.1. The lowest BCUT2D eigenvalue weighted by molar-refractivity contribution is 0.0845. The second kappa shape index (κ2) is 9.07. The molecule has 0 saturated carbocycles. The van der Waals surface area contributed by atoms with Crippen molar-refractivity contribution in [2.24, 2.45) is 11.3 Å². The van der Waals surface area contributed by atoms with Crippen molar-refractivity contribution in [3.05, 3.63) is 61.7 Å². The SMILES string of the molecule is CC(C)(C)[C@@H]1CCc2sc(C(=O)NNC(=O)c3nn(CCO)c(=O)c4ccccc34)cc2C1. The van der Waals surface area contributed by atoms with Crippen molar-refractivity contribution in [1.82, 2.24) is 20.6 Å². The van der Waals surface area contributed by atoms with Gasteiger partial charge in [0, 0.05) is 10.3 Å². The van der Waals surface area contributed by atoms with Crippen LogP contribution >= 0.6 is 11.3 Å². The van der Waals surface area contributed by atoms with Crippen molar-refractivity contribution in [2.75, 3.05) is 6.61 Å². The first-order valence-electron chi connectivity index (χ1n) is 11.0. The lowest BCUT2D eigenvalue weighted by atomic mass is 9.72. The van der Waals surface area contributed by atoms with E-state index in [2.05, 4.69) is 36.7 Å². The normalized spacial score (nSPS) is 15.8. The van der Waals surface area contributed by atoms with Crippen LogP contribution in [0.25, 0.3) is 10.8 Å². The molecule has 1 aliphatic carbocycles. The zero-order chi connectivity index (χ0) is 23.8. The summed E-state index contributed by atoms with van der Waals surface area (Å²) in [5, 5.41) is 14.0. The highest BCUT2D eigenvalue weighted by Crippen LogP contribution is 2.40. The van der Waals surface area contributed by atoms with E-state index in [9.17, 15) is 19.5 Å². The largest absolute Gasteiger partial charge is 0.394 e. The Morgan fingerprint density at radius 2 is 1.88 bits per heavy atom. The van der Waals surface area contributed by atoms with Crippen molar-refractivity contribution in [2.45, 2.75) is 46.6 Å². The molecule has 0 fully saturated rings. The van der Waals surface area contributed by atoms with Crippen LogP contribution in [-0.2, 0) is 19.4 Å². The van der Waals surface area contributed by atoms with Crippen LogP contribution in [0.4, 0.5) is 0 Å². The van der Waals surface area contributed by atoms with Crippen LogP contribution in [0.2, 0.25) is 0 Å². The number of aliphatic hydroxyl groups is 1. The van der Waals surface area contributed by atoms with E-state index in [0.29, 0.717) is 21.6 Å². The summed E-state index contributed by atoms with van der Waals surface area (Å²) < 4.78 is 1.05. The molecule has 1 aromatic carbocycles. The van der Waals surface area contributed by atoms with E-state index in [1.807, 2.05) is 6.07 Å². The minimum atomic E-state index is -0.639. The van der Waals surface area contributed by atoms with Gasteiger partial charge in [0.05, 0.1) is 23.4 Å². The van der Waals surface area contributed by atoms with Crippen LogP contribution < -0.4 is 16.4 Å². The van der Waals surface area contributed by atoms with Crippen molar-refractivity contribution in [3.8, 4) is 0 Å². The number of hydrogen-bond acceptors (Lipinski definition) is 6. The Kier molecular flexibility index (Phi) is 6.36. The third-order valence-corrected chi connectivity index (χ3v) is 7.45. The molecular formula is C24H28N4O4S. The number of aryl methyl sites for hydroxylation is 1. The van der Waals surface area contributed by atoms with Gasteiger partial charge in [0.2, 0.25) is 0 Å². The number of benzene rings is 1. The summed E-state index contributed by atoms with van der Waals surface area (Å²) in [5.74, 6) is -0.451. The van der Waals surface area contributed by atoms with Crippen LogP contribution in [0.1, 0.15) is 57.8 Å². The number of nitrogens with one attached hydrogen (secondary N) is 2. The molecule has 0 spiro atoms. The Bertz CT molecular complexity index is 1270. The maximum absolute atomic E-state index is 12.8. The molecule has 2 amide bonds. The van der Waals surface area contributed by atoms with E-state index in [1.54, 1.807) is 24.3 Å². The number of aliphatic hydroxyl groups excluding tert-OH is 1. The average Bonchev–Trinajstić information content (AvgIpc) is 3.22. The molecule has 9 heteroatoms. The number of thiophene rings is 1. The first-order chi connectivity index (χ1) is 15.7. The van der Waals surface area contributed by atoms with E-state index in [1.165, 1.54) is 21.8 Å². The summed E-state index contributed by atoms with van der Waals surface area (Å²) in [6, 6.07) is 8.55. The number of hydrogen-bond donors (Lipinski definition) is 3. The van der Waals surface area contributed by atoms with Gasteiger partial charge in [0.15, 0.2) is 5.69 Å². The van der Waals surface area contributed by atoms with Crippen molar-refractivity contribution in [1.29, 1.82) is 0 Å². The minimum Gasteiger partial charge on any atom is -0.394 e. The summed E-state index contributed by atoms with van der Waals surface area (Å²) in [7, 11) is 0. The Labute approximate surface area is 195 Å². The Morgan fingerprint density at radius 1 is 1.18 bits per heavy atom. The van der Waals surface area contributed by atoms with Crippen LogP contribution in [0.5, 0.6) is 0 Å². The fourth-order valence-corrected chi connectivity index (χ4v) is 5.36. The maximum atomic E-state index is 12.8. The summed E-state index contributed by atoms with van der Waals surface area (Å²) >= 11 is 1.46. The fraction of sp³-hybridized carbons (Fsp3) is 0.417. The third-order valence-electron chi connectivity index (χ3n) is 6.22. The smallest absolute Gasteiger partial charge is 0.290 e. The number of hydrazine groups is 1. The fourth-order valence-electron chi connectivity index (χ4n) is 4.26. The summed E-state index contributed by atoms with van der Waals surface area (Å²) in [6.07, 6.45) is 3.03. The van der Waals surface area contributed by atoms with Crippen molar-refractivity contribution < 1.29 is 14.7 Å². The van der Waals surface area contributed by atoms with Gasteiger partial charge >= 0.3 is 0 Å². The van der Waals surface area contributed by atoms with Crippen LogP contribution in [0.3, 0.4) is 0 Å². The molecule has 3 aromatic rings. The molecule has 174 valence electrons. The van der Waals surface area contributed by atoms with Crippen LogP contribution in [0.15, 0.2) is 35.1 Å². The van der Waals surface area contributed by atoms with Crippen LogP contribution in [0, 0.1) is 11.3 Å². The molecule has 33 heavy (non-hydrogen) atoms. The van der Waals surface area contributed by atoms with Gasteiger partial charge in [-0.15, -0.1) is 11.3 Å². The lowest BCUT2D eigenvalue weighted by Gasteiger charge is -2.33. The standard InChI is InChI=1S/C24H28N4O4S/c1-24(2,3)15-8-9-18-14(12-15)13-19(33-18)21(30)25-26-22(31)20-16-6-4-5-7-17(16)23(32)28(27-20)10-11-29/h4-7,13,15,29H,8-12H2,1-3H3,(H,25,30)(H,26,31)/t15-/m1/s1. The molecule has 4 rings (SSSR count). The molecule has 0 radical (unpaired) electrons. The van der Waals surface area contributed by atoms with Crippen LogP contribution in [-0.4, -0.2) is 33.3 Å². The van der Waals surface area contributed by atoms with Gasteiger partial charge in [-0.3, -0.25) is 25.2 Å². The number of carbonyl (C=O) groups excluding carboxylic acids is 2. The molecule has 0 saturated heterocycles. The molecular weight excluding hydrogens is 440 g/mol. The second-order valence-corrected chi connectivity index (χ2v) is 10.6. The Balaban J connectivity index is 1.51. The van der Waals surface area contributed by atoms with E-state index in [0.717, 1.165) is 23.9 Å². The van der Waals surface area contributed by atoms with Gasteiger partial charge in [-0.1, -0.05) is 39.0 Å². The van der Waals surface area contributed by atoms with E-state index < -0.39 is 11.5 Å². The molecule has 0 bridgehead atoms. The van der Waals surface area contributed by atoms with Gasteiger partial charge in [0.1, 0.15) is 0 Å². The number of nitrogens with zero attached hydrogens (tertiary/aromatic N) is 2. The van der Waals surface area contributed by atoms with Gasteiger partial charge in [-0.05, 0) is 48.3 Å². The van der Waals surface area contributed by atoms with Crippen molar-refractivity contribution in [3.63, 3.8) is 0 Å². The summed E-state index contributed by atoms with van der Waals surface area (Å²) in [6.45, 7) is 6.42. The molecule has 2 heterocycles. The molecule has 0 unspecified atom stereocenters. The minimum absolute atomic E-state index is 0.00237. The average molecular weight is 469 g/mol. The van der Waals surface area contributed by atoms with E-state index in [4.69, 9.17) is 0 Å². The van der Waals surface area contributed by atoms with E-state index >= 15 is 0 Å². The van der Waals surface area contributed by atoms with Gasteiger partial charge in [-0.2, -0.15) is 5.10 Å². The van der Waals surface area contributed by atoms with Gasteiger partial charge < -0.3 is 5.11 Å². The molecule has 3 N–H and O–H groups in total. The summed E-state index contributed by atoms with van der Waals surface area (Å²) in [4.78, 5) is 39.9. The zero-order valence-corrected chi connectivity index (χ0v) is 19.8. The lowest BCUT2D eigenvalue weighted by Crippen LogP contribution is -2.42. The topological polar surface area (TPSA) is 113 Å². The molecule has 8 nitrogen and oxygen atoms in total. The third kappa shape index (κ3) is 4.69. The number of aromatic nitrogens is 2. The predicted octanol–water partition coefficient (Wildman–Crippen LogP) is 2.68. The first-order valence-corrected chi connectivity index (χ1v) is 11.8. The highest BCUT2D eigenvalue weighted by Gasteiger charge is 2.30. The maximum Gasteiger partial charge on any atom is 0.290 e. The Morgan fingerprint density at radius 3 is 2.58 bits per heavy atom. The number of carbonyl (C=O) groups is 2. The van der Waals surface area contributed by atoms with E-state index in [-0.39, 0.29) is 30.2 Å². The summed E-state index contributed by atoms with van der Waals surface area (Å²) in [5.41, 5.74) is 5.93. The monoisotopic (exact) mass is 468 g/mol.